The van der Waals surface area contributed by atoms with E-state index in [-0.39, 0.29) is 18.4 Å². The standard InChI is InChI=1S/C10H19N5O2/c1-15-7-13-14-9(15)3-4-12-10(16)5-8(6-11)17-2/h7-8H,3-6,11H2,1-2H3,(H,12,16). The minimum Gasteiger partial charge on any atom is -0.380 e. The molecule has 0 fully saturated rings. The average Bonchev–Trinajstić information content (AvgIpc) is 2.72. The van der Waals surface area contributed by atoms with E-state index in [1.54, 1.807) is 13.4 Å². The molecule has 0 aliphatic heterocycles. The van der Waals surface area contributed by atoms with Crippen molar-refractivity contribution in [2.75, 3.05) is 20.2 Å². The summed E-state index contributed by atoms with van der Waals surface area (Å²) in [5.74, 6) is 0.775. The number of aryl methyl sites for hydroxylation is 1. The molecule has 3 N–H and O–H groups in total. The summed E-state index contributed by atoms with van der Waals surface area (Å²) in [4.78, 5) is 11.5. The number of ether oxygens (including phenoxy) is 1. The Kier molecular flexibility index (Phi) is 5.58. The monoisotopic (exact) mass is 241 g/mol. The lowest BCUT2D eigenvalue weighted by atomic mass is 10.2. The van der Waals surface area contributed by atoms with Crippen molar-refractivity contribution in [3.63, 3.8) is 0 Å². The Morgan fingerprint density at radius 3 is 3.00 bits per heavy atom. The van der Waals surface area contributed by atoms with E-state index in [1.807, 2.05) is 11.6 Å². The van der Waals surface area contributed by atoms with Crippen molar-refractivity contribution in [3.8, 4) is 0 Å². The van der Waals surface area contributed by atoms with Crippen LogP contribution in [0.4, 0.5) is 0 Å². The van der Waals surface area contributed by atoms with Gasteiger partial charge < -0.3 is 20.4 Å². The number of nitrogens with zero attached hydrogens (tertiary/aromatic N) is 3. The summed E-state index contributed by atoms with van der Waals surface area (Å²) in [6.07, 6.45) is 2.35. The van der Waals surface area contributed by atoms with Crippen LogP contribution in [0.15, 0.2) is 6.33 Å². The number of nitrogens with two attached hydrogens (primary N) is 1. The molecule has 1 unspecified atom stereocenters. The van der Waals surface area contributed by atoms with E-state index in [9.17, 15) is 4.79 Å². The highest BCUT2D eigenvalue weighted by Crippen LogP contribution is 1.95. The lowest BCUT2D eigenvalue weighted by molar-refractivity contribution is -0.123. The Morgan fingerprint density at radius 1 is 1.71 bits per heavy atom. The summed E-state index contributed by atoms with van der Waals surface area (Å²) >= 11 is 0. The second-order valence-corrected chi connectivity index (χ2v) is 3.76. The lowest BCUT2D eigenvalue weighted by Crippen LogP contribution is -2.33. The lowest BCUT2D eigenvalue weighted by Gasteiger charge is -2.12. The molecule has 7 heteroatoms. The Bertz CT molecular complexity index is 348. The van der Waals surface area contributed by atoms with Gasteiger partial charge in [-0.25, -0.2) is 0 Å². The molecule has 0 spiro atoms. The van der Waals surface area contributed by atoms with Crippen molar-refractivity contribution in [1.29, 1.82) is 0 Å². The highest BCUT2D eigenvalue weighted by Gasteiger charge is 2.11. The molecule has 0 aliphatic carbocycles. The molecule has 17 heavy (non-hydrogen) atoms. The fraction of sp³-hybridized carbons (Fsp3) is 0.700. The van der Waals surface area contributed by atoms with Crippen LogP contribution in [0.1, 0.15) is 12.2 Å². The van der Waals surface area contributed by atoms with Gasteiger partial charge in [-0.1, -0.05) is 0 Å². The SMILES string of the molecule is COC(CN)CC(=O)NCCc1nncn1C. The van der Waals surface area contributed by atoms with E-state index >= 15 is 0 Å². The van der Waals surface area contributed by atoms with Crippen molar-refractivity contribution < 1.29 is 9.53 Å². The van der Waals surface area contributed by atoms with Gasteiger partial charge in [-0.3, -0.25) is 4.79 Å². The van der Waals surface area contributed by atoms with E-state index in [1.165, 1.54) is 0 Å². The molecule has 0 bridgehead atoms. The Hall–Kier alpha value is -1.47. The normalized spacial score (nSPS) is 12.4. The van der Waals surface area contributed by atoms with Crippen LogP contribution in [0.5, 0.6) is 0 Å². The third-order valence-electron chi connectivity index (χ3n) is 2.49. The number of nitrogens with one attached hydrogen (secondary N) is 1. The highest BCUT2D eigenvalue weighted by molar-refractivity contribution is 5.76. The first-order valence-corrected chi connectivity index (χ1v) is 5.49. The van der Waals surface area contributed by atoms with Crippen molar-refractivity contribution in [1.82, 2.24) is 20.1 Å². The fourth-order valence-electron chi connectivity index (χ4n) is 1.39. The first kappa shape index (κ1) is 13.6. The van der Waals surface area contributed by atoms with Gasteiger partial charge in [0, 0.05) is 33.7 Å². The fourth-order valence-corrected chi connectivity index (χ4v) is 1.39. The molecule has 1 heterocycles. The van der Waals surface area contributed by atoms with Gasteiger partial charge in [0.1, 0.15) is 12.2 Å². The van der Waals surface area contributed by atoms with Gasteiger partial charge in [0.25, 0.3) is 0 Å². The first-order chi connectivity index (χ1) is 8.17. The van der Waals surface area contributed by atoms with Crippen LogP contribution in [-0.4, -0.2) is 47.0 Å². The van der Waals surface area contributed by atoms with E-state index < -0.39 is 0 Å². The number of carbonyl (C=O) groups excluding carboxylic acids is 1. The van der Waals surface area contributed by atoms with Crippen LogP contribution in [0, 0.1) is 0 Å². The number of aromatic nitrogens is 3. The first-order valence-electron chi connectivity index (χ1n) is 5.49. The molecule has 1 atom stereocenters. The van der Waals surface area contributed by atoms with Crippen LogP contribution < -0.4 is 11.1 Å². The number of rotatable bonds is 7. The third kappa shape index (κ3) is 4.49. The molecule has 0 aliphatic rings. The van der Waals surface area contributed by atoms with Gasteiger partial charge in [-0.15, -0.1) is 10.2 Å². The Morgan fingerprint density at radius 2 is 2.47 bits per heavy atom. The molecule has 1 rings (SSSR count). The molecule has 7 nitrogen and oxygen atoms in total. The maximum absolute atomic E-state index is 11.5. The van der Waals surface area contributed by atoms with Crippen LogP contribution in [0.25, 0.3) is 0 Å². The highest BCUT2D eigenvalue weighted by atomic mass is 16.5. The van der Waals surface area contributed by atoms with Gasteiger partial charge in [0.2, 0.25) is 5.91 Å². The number of hydrogen-bond acceptors (Lipinski definition) is 5. The predicted molar refractivity (Wildman–Crippen MR) is 62.2 cm³/mol. The Balaban J connectivity index is 2.22. The zero-order chi connectivity index (χ0) is 12.7. The van der Waals surface area contributed by atoms with Crippen molar-refractivity contribution in [2.45, 2.75) is 18.9 Å². The number of amides is 1. The Labute approximate surface area is 100 Å². The molecule has 1 aromatic rings. The minimum atomic E-state index is -0.218. The predicted octanol–water partition coefficient (Wildman–Crippen LogP) is -1.16. The molecule has 0 aromatic carbocycles. The van der Waals surface area contributed by atoms with Crippen LogP contribution >= 0.6 is 0 Å². The van der Waals surface area contributed by atoms with Crippen molar-refractivity contribution in [3.05, 3.63) is 12.2 Å². The van der Waals surface area contributed by atoms with Gasteiger partial charge in [-0.2, -0.15) is 0 Å². The molecule has 0 saturated heterocycles. The molecule has 96 valence electrons. The number of hydrogen-bond donors (Lipinski definition) is 2. The van der Waals surface area contributed by atoms with Crippen molar-refractivity contribution in [2.24, 2.45) is 12.8 Å². The topological polar surface area (TPSA) is 95.1 Å². The van der Waals surface area contributed by atoms with E-state index in [4.69, 9.17) is 10.5 Å². The average molecular weight is 241 g/mol. The summed E-state index contributed by atoms with van der Waals surface area (Å²) in [7, 11) is 3.41. The second kappa shape index (κ2) is 6.97. The summed E-state index contributed by atoms with van der Waals surface area (Å²) < 4.78 is 6.85. The van der Waals surface area contributed by atoms with Gasteiger partial charge in [0.05, 0.1) is 12.5 Å². The van der Waals surface area contributed by atoms with E-state index in [0.717, 1.165) is 5.82 Å². The quantitative estimate of drug-likeness (QED) is 0.627. The molecular formula is C10H19N5O2. The number of methoxy groups -OCH3 is 1. The summed E-state index contributed by atoms with van der Waals surface area (Å²) in [6.45, 7) is 0.875. The minimum absolute atomic E-state index is 0.0653. The van der Waals surface area contributed by atoms with E-state index in [0.29, 0.717) is 19.5 Å². The van der Waals surface area contributed by atoms with Gasteiger partial charge >= 0.3 is 0 Å². The zero-order valence-corrected chi connectivity index (χ0v) is 10.2. The number of carbonyl (C=O) groups is 1. The largest absolute Gasteiger partial charge is 0.380 e. The summed E-state index contributed by atoms with van der Waals surface area (Å²) in [5.41, 5.74) is 5.43. The molecule has 1 aromatic heterocycles. The van der Waals surface area contributed by atoms with Gasteiger partial charge in [0.15, 0.2) is 0 Å². The van der Waals surface area contributed by atoms with Crippen molar-refractivity contribution >= 4 is 5.91 Å². The zero-order valence-electron chi connectivity index (χ0n) is 10.2. The molecule has 0 saturated carbocycles. The summed E-state index contributed by atoms with van der Waals surface area (Å²) in [6, 6.07) is 0. The second-order valence-electron chi connectivity index (χ2n) is 3.76. The third-order valence-corrected chi connectivity index (χ3v) is 2.49. The van der Waals surface area contributed by atoms with Crippen LogP contribution in [-0.2, 0) is 23.0 Å². The van der Waals surface area contributed by atoms with E-state index in [2.05, 4.69) is 15.5 Å². The smallest absolute Gasteiger partial charge is 0.222 e. The maximum atomic E-state index is 11.5. The van der Waals surface area contributed by atoms with Crippen LogP contribution in [0.2, 0.25) is 0 Å². The van der Waals surface area contributed by atoms with Gasteiger partial charge in [-0.05, 0) is 0 Å². The van der Waals surface area contributed by atoms with Crippen LogP contribution in [0.3, 0.4) is 0 Å². The summed E-state index contributed by atoms with van der Waals surface area (Å²) in [5, 5.41) is 10.5. The maximum Gasteiger partial charge on any atom is 0.222 e. The molecular weight excluding hydrogens is 222 g/mol. The molecule has 0 radical (unpaired) electrons. The molecule has 1 amide bonds.